The minimum atomic E-state index is -2.85. The van der Waals surface area contributed by atoms with Crippen molar-refractivity contribution in [1.82, 2.24) is 0 Å². The van der Waals surface area contributed by atoms with Crippen LogP contribution in [0, 0.1) is 27.6 Å². The van der Waals surface area contributed by atoms with Crippen molar-refractivity contribution in [2.75, 3.05) is 61.7 Å². The molecular weight excluding hydrogens is 652 g/mol. The Bertz CT molecular complexity index is 1080. The van der Waals surface area contributed by atoms with Crippen molar-refractivity contribution in [3.8, 4) is 6.07 Å². The van der Waals surface area contributed by atoms with Crippen LogP contribution in [0.1, 0.15) is 106 Å². The first-order chi connectivity index (χ1) is 22.8. The van der Waals surface area contributed by atoms with Crippen LogP contribution in [0.25, 0.3) is 0 Å². The van der Waals surface area contributed by atoms with E-state index in [2.05, 4.69) is 13.0 Å². The number of esters is 3. The number of rotatable bonds is 27. The fourth-order valence-electron chi connectivity index (χ4n) is 5.91. The van der Waals surface area contributed by atoms with Gasteiger partial charge >= 0.3 is 32.7 Å². The quantitative estimate of drug-likeness (QED) is 0.0372. The van der Waals surface area contributed by atoms with Gasteiger partial charge in [-0.15, -0.1) is 0 Å². The van der Waals surface area contributed by atoms with E-state index in [0.29, 0.717) is 36.5 Å². The molecule has 0 rings (SSSR count). The zero-order chi connectivity index (χ0) is 37.9. The predicted octanol–water partition coefficient (Wildman–Crippen LogP) is 5.53. The number of nitrogens with zero attached hydrogens (tertiary/aromatic N) is 2. The Morgan fingerprint density at radius 1 is 0.837 bits per heavy atom. The molecule has 0 bridgehead atoms. The van der Waals surface area contributed by atoms with Crippen LogP contribution < -0.4 is 0 Å². The molecule has 0 aliphatic carbocycles. The van der Waals surface area contributed by atoms with E-state index in [-0.39, 0.29) is 38.9 Å². The van der Waals surface area contributed by atoms with Crippen LogP contribution in [0.2, 0.25) is 6.04 Å². The second-order valence-corrected chi connectivity index (χ2v) is 17.7. The highest BCUT2D eigenvalue weighted by atomic mass is 28.4. The van der Waals surface area contributed by atoms with E-state index in [4.69, 9.17) is 32.6 Å². The van der Waals surface area contributed by atoms with E-state index in [1.165, 1.54) is 21.3 Å². The van der Waals surface area contributed by atoms with Crippen LogP contribution in [-0.2, 0) is 46.7 Å². The fraction of sp³-hybridized carbons (Fsp3) is 0.857. The van der Waals surface area contributed by atoms with Crippen LogP contribution in [0.4, 0.5) is 0 Å². The Labute approximate surface area is 295 Å². The van der Waals surface area contributed by atoms with Crippen molar-refractivity contribution < 1.29 is 56.3 Å². The Balaban J connectivity index is 6.16. The normalized spacial score (nSPS) is 15.3. The van der Waals surface area contributed by atoms with Gasteiger partial charge in [0.2, 0.25) is 0 Å². The van der Waals surface area contributed by atoms with Crippen molar-refractivity contribution in [3.63, 3.8) is 0 Å². The van der Waals surface area contributed by atoms with Gasteiger partial charge in [-0.25, -0.2) is 0 Å². The zero-order valence-electron chi connectivity index (χ0n) is 32.1. The van der Waals surface area contributed by atoms with Gasteiger partial charge in [0, 0.05) is 27.4 Å². The molecule has 284 valence electrons. The summed E-state index contributed by atoms with van der Waals surface area (Å²) in [5.41, 5.74) is -4.36. The van der Waals surface area contributed by atoms with Crippen LogP contribution >= 0.6 is 0 Å². The summed E-state index contributed by atoms with van der Waals surface area (Å²) in [4.78, 5) is 52.2. The summed E-state index contributed by atoms with van der Waals surface area (Å²) < 4.78 is 33.8. The lowest BCUT2D eigenvalue weighted by molar-refractivity contribution is -0.889. The van der Waals surface area contributed by atoms with Crippen LogP contribution in [0.3, 0.4) is 0 Å². The number of carboxylic acids is 1. The minimum Gasteiger partial charge on any atom is -0.481 e. The number of ether oxygens (including phenoxy) is 3. The van der Waals surface area contributed by atoms with Crippen molar-refractivity contribution in [2.24, 2.45) is 16.2 Å². The lowest BCUT2D eigenvalue weighted by Crippen LogP contribution is -2.47. The van der Waals surface area contributed by atoms with E-state index in [1.807, 2.05) is 14.1 Å². The number of hydrogen-bond acceptors (Lipinski definition) is 11. The summed E-state index contributed by atoms with van der Waals surface area (Å²) in [6, 6.07) is 2.59. The summed E-state index contributed by atoms with van der Waals surface area (Å²) in [6.45, 7) is 11.2. The highest BCUT2D eigenvalue weighted by Crippen LogP contribution is 2.46. The third kappa shape index (κ3) is 15.9. The van der Waals surface area contributed by atoms with Gasteiger partial charge in [-0.3, -0.25) is 19.2 Å². The Hall–Kier alpha value is -2.57. The van der Waals surface area contributed by atoms with Crippen molar-refractivity contribution in [1.29, 1.82) is 5.26 Å². The zero-order valence-corrected chi connectivity index (χ0v) is 33.1. The summed E-state index contributed by atoms with van der Waals surface area (Å²) in [6.07, 6.45) is 4.49. The van der Waals surface area contributed by atoms with Gasteiger partial charge in [0.25, 0.3) is 0 Å². The first-order valence-electron chi connectivity index (χ1n) is 17.4. The molecule has 14 heteroatoms. The Morgan fingerprint density at radius 3 is 1.94 bits per heavy atom. The Morgan fingerprint density at radius 2 is 1.43 bits per heavy atom. The maximum Gasteiger partial charge on any atom is 0.500 e. The molecule has 0 saturated heterocycles. The van der Waals surface area contributed by atoms with Crippen LogP contribution in [0.5, 0.6) is 0 Å². The Kier molecular flexibility index (Phi) is 20.5. The molecule has 0 heterocycles. The number of hydrogen-bond donors (Lipinski definition) is 1. The third-order valence-electron chi connectivity index (χ3n) is 9.20. The molecule has 0 amide bonds. The molecule has 0 fully saturated rings. The van der Waals surface area contributed by atoms with Crippen molar-refractivity contribution in [2.45, 2.75) is 118 Å². The first-order valence-corrected chi connectivity index (χ1v) is 19.4. The molecule has 0 radical (unpaired) electrons. The van der Waals surface area contributed by atoms with Gasteiger partial charge in [-0.2, -0.15) is 5.26 Å². The predicted molar refractivity (Wildman–Crippen MR) is 186 cm³/mol. The number of unbranched alkanes of at least 4 members (excludes halogenated alkanes) is 3. The van der Waals surface area contributed by atoms with Gasteiger partial charge < -0.3 is 37.1 Å². The van der Waals surface area contributed by atoms with Crippen molar-refractivity contribution >= 4 is 32.7 Å². The topological polar surface area (TPSA) is 168 Å². The molecule has 1 N–H and O–H groups in total. The molecule has 0 aromatic rings. The fourth-order valence-corrected chi connectivity index (χ4v) is 7.60. The molecule has 3 atom stereocenters. The number of aliphatic carboxylic acids is 1. The third-order valence-corrected chi connectivity index (χ3v) is 12.0. The van der Waals surface area contributed by atoms with E-state index in [0.717, 1.165) is 25.7 Å². The summed E-state index contributed by atoms with van der Waals surface area (Å²) >= 11 is 0. The molecule has 0 aromatic carbocycles. The summed E-state index contributed by atoms with van der Waals surface area (Å²) in [5, 5.41) is 19.5. The second kappa shape index (κ2) is 21.6. The van der Waals surface area contributed by atoms with Crippen LogP contribution in [0.15, 0.2) is 0 Å². The van der Waals surface area contributed by atoms with Gasteiger partial charge in [0.15, 0.2) is 5.41 Å². The summed E-state index contributed by atoms with van der Waals surface area (Å²) in [5.74, 6) is -2.85. The molecule has 3 unspecified atom stereocenters. The van der Waals surface area contributed by atoms with E-state index in [1.54, 1.807) is 34.6 Å². The molecular formula is C35H65N2O11Si+. The second-order valence-electron chi connectivity index (χ2n) is 14.6. The maximum absolute atomic E-state index is 14.0. The number of carbonyl (C=O) groups is 4. The van der Waals surface area contributed by atoms with Crippen LogP contribution in [-0.4, -0.2) is 110 Å². The average Bonchev–Trinajstić information content (AvgIpc) is 3.04. The van der Waals surface area contributed by atoms with Gasteiger partial charge in [-0.05, 0) is 66.2 Å². The van der Waals surface area contributed by atoms with Gasteiger partial charge in [0.05, 0.1) is 56.7 Å². The lowest BCUT2D eigenvalue weighted by Gasteiger charge is -2.39. The van der Waals surface area contributed by atoms with E-state index in [9.17, 15) is 24.4 Å². The summed E-state index contributed by atoms with van der Waals surface area (Å²) in [7, 11) is 5.34. The first kappa shape index (κ1) is 46.4. The lowest BCUT2D eigenvalue weighted by atomic mass is 9.65. The highest BCUT2D eigenvalue weighted by Gasteiger charge is 2.52. The monoisotopic (exact) mass is 717 g/mol. The average molecular weight is 718 g/mol. The van der Waals surface area contributed by atoms with E-state index < -0.39 is 55.0 Å². The molecule has 13 nitrogen and oxygen atoms in total. The van der Waals surface area contributed by atoms with E-state index >= 15 is 0 Å². The maximum atomic E-state index is 14.0. The number of likely N-dealkylation sites (N-methyl/N-ethyl adjacent to an activating group) is 1. The largest absolute Gasteiger partial charge is 0.500 e. The van der Waals surface area contributed by atoms with Gasteiger partial charge in [0.1, 0.15) is 13.2 Å². The van der Waals surface area contributed by atoms with Gasteiger partial charge in [-0.1, -0.05) is 33.1 Å². The molecule has 0 spiro atoms. The number of carboxylic acid groups (broad SMARTS) is 1. The standard InChI is InChI=1S/C35H64N2O11Si/c1-12-14-15-16-18-28(3)48-32(42)35(13-2,27-36)26-34(6,31(41)47-23-21-37(7,8)20-19-29(38)39)25-33(4,5)30(40)46-22-17-24-49(43-9,44-10)45-11/h28H,12-26H2,1-11H3/p+1. The SMILES string of the molecule is CCCCCCC(C)OC(=O)C(C#N)(CC)CC(C)(CC(C)(C)C(=O)OCCC[Si](OC)(OC)OC)C(=O)OCC[N+](C)(C)CCC(=O)O. The molecule has 0 aromatic heterocycles. The van der Waals surface area contributed by atoms with Crippen molar-refractivity contribution in [3.05, 3.63) is 0 Å². The number of nitriles is 1. The minimum absolute atomic E-state index is 0.0268. The highest BCUT2D eigenvalue weighted by molar-refractivity contribution is 6.60. The molecule has 49 heavy (non-hydrogen) atoms. The molecule has 0 saturated carbocycles. The smallest absolute Gasteiger partial charge is 0.481 e. The molecule has 0 aliphatic rings. The molecule has 0 aliphatic heterocycles. The number of carbonyl (C=O) groups excluding carboxylic acids is 3. The number of quaternary nitrogens is 1.